The number of nitrogens with one attached hydrogen (secondary N) is 1. The Morgan fingerprint density at radius 3 is 2.65 bits per heavy atom. The van der Waals surface area contributed by atoms with E-state index in [2.05, 4.69) is 5.32 Å². The molecule has 3 amide bonds. The second kappa shape index (κ2) is 6.66. The number of nitrogens with zero attached hydrogens (tertiary/aromatic N) is 1. The molecule has 1 heterocycles. The van der Waals surface area contributed by atoms with Crippen LogP contribution >= 0.6 is 11.6 Å². The van der Waals surface area contributed by atoms with Crippen molar-refractivity contribution in [1.82, 2.24) is 10.2 Å². The summed E-state index contributed by atoms with van der Waals surface area (Å²) in [4.78, 5) is 24.5. The molecule has 1 aromatic carbocycles. The van der Waals surface area contributed by atoms with Crippen molar-refractivity contribution >= 4 is 23.5 Å². The molecule has 0 bridgehead atoms. The molecule has 126 valence electrons. The number of alkyl halides is 3. The standard InChI is InChI=1S/C14H15ClF3N3O2/c15-11-2-1-9(5-10(11)14(16,17)18)12(22)20-6-8-3-4-21(7-8)13(19)23/h1-2,5,8H,3-4,6-7H2,(H2,19,23)(H,20,22)/t8-/m1/s1. The molecule has 2 rings (SSSR count). The fourth-order valence-corrected chi connectivity index (χ4v) is 2.65. The summed E-state index contributed by atoms with van der Waals surface area (Å²) in [6.07, 6.45) is -3.95. The smallest absolute Gasteiger partial charge is 0.352 e. The number of amides is 3. The molecule has 1 aliphatic rings. The highest BCUT2D eigenvalue weighted by atomic mass is 35.5. The van der Waals surface area contributed by atoms with E-state index < -0.39 is 28.7 Å². The Labute approximate surface area is 135 Å². The number of halogens is 4. The lowest BCUT2D eigenvalue weighted by molar-refractivity contribution is -0.137. The third-order valence-electron chi connectivity index (χ3n) is 3.68. The van der Waals surface area contributed by atoms with Crippen molar-refractivity contribution in [2.75, 3.05) is 19.6 Å². The van der Waals surface area contributed by atoms with Gasteiger partial charge in [0, 0.05) is 25.2 Å². The fourth-order valence-electron chi connectivity index (χ4n) is 2.42. The number of carbonyl (C=O) groups is 2. The van der Waals surface area contributed by atoms with E-state index in [1.165, 1.54) is 11.0 Å². The van der Waals surface area contributed by atoms with E-state index in [1.54, 1.807) is 0 Å². The van der Waals surface area contributed by atoms with E-state index in [0.29, 0.717) is 19.5 Å². The first-order valence-electron chi connectivity index (χ1n) is 6.88. The summed E-state index contributed by atoms with van der Waals surface area (Å²) in [6, 6.07) is 2.48. The number of urea groups is 1. The van der Waals surface area contributed by atoms with Gasteiger partial charge in [-0.05, 0) is 30.5 Å². The molecule has 0 saturated carbocycles. The molecule has 0 aromatic heterocycles. The van der Waals surface area contributed by atoms with Crippen LogP contribution in [0.2, 0.25) is 5.02 Å². The monoisotopic (exact) mass is 349 g/mol. The molecular weight excluding hydrogens is 335 g/mol. The third-order valence-corrected chi connectivity index (χ3v) is 4.01. The van der Waals surface area contributed by atoms with Crippen LogP contribution in [-0.4, -0.2) is 36.5 Å². The van der Waals surface area contributed by atoms with E-state index in [-0.39, 0.29) is 18.0 Å². The highest BCUT2D eigenvalue weighted by Crippen LogP contribution is 2.35. The summed E-state index contributed by atoms with van der Waals surface area (Å²) in [5, 5.41) is 2.11. The highest BCUT2D eigenvalue weighted by molar-refractivity contribution is 6.31. The largest absolute Gasteiger partial charge is 0.417 e. The summed E-state index contributed by atoms with van der Waals surface area (Å²) >= 11 is 5.51. The van der Waals surface area contributed by atoms with Crippen LogP contribution in [0.3, 0.4) is 0 Å². The van der Waals surface area contributed by atoms with Crippen molar-refractivity contribution < 1.29 is 22.8 Å². The molecule has 9 heteroatoms. The lowest BCUT2D eigenvalue weighted by atomic mass is 10.1. The molecule has 0 spiro atoms. The summed E-state index contributed by atoms with van der Waals surface area (Å²) in [5.74, 6) is -0.592. The third kappa shape index (κ3) is 4.28. The molecule has 1 atom stereocenters. The van der Waals surface area contributed by atoms with E-state index in [4.69, 9.17) is 17.3 Å². The number of carbonyl (C=O) groups excluding carboxylic acids is 2. The van der Waals surface area contributed by atoms with E-state index in [9.17, 15) is 22.8 Å². The molecule has 0 unspecified atom stereocenters. The van der Waals surface area contributed by atoms with Gasteiger partial charge in [-0.1, -0.05) is 11.6 Å². The second-order valence-corrected chi connectivity index (χ2v) is 5.75. The van der Waals surface area contributed by atoms with Crippen LogP contribution in [0.5, 0.6) is 0 Å². The van der Waals surface area contributed by atoms with Crippen molar-refractivity contribution in [2.24, 2.45) is 11.7 Å². The maximum absolute atomic E-state index is 12.8. The van der Waals surface area contributed by atoms with Crippen LogP contribution in [0.1, 0.15) is 22.3 Å². The number of primary amides is 1. The fraction of sp³-hybridized carbons (Fsp3) is 0.429. The Kier molecular flexibility index (Phi) is 5.03. The van der Waals surface area contributed by atoms with Crippen molar-refractivity contribution in [3.8, 4) is 0 Å². The molecule has 0 aliphatic carbocycles. The normalized spacial score (nSPS) is 18.1. The van der Waals surface area contributed by atoms with Crippen LogP contribution < -0.4 is 11.1 Å². The van der Waals surface area contributed by atoms with E-state index >= 15 is 0 Å². The summed E-state index contributed by atoms with van der Waals surface area (Å²) in [7, 11) is 0. The lowest BCUT2D eigenvalue weighted by Crippen LogP contribution is -2.35. The summed E-state index contributed by atoms with van der Waals surface area (Å²) in [6.45, 7) is 1.19. The van der Waals surface area contributed by atoms with Crippen molar-refractivity contribution in [1.29, 1.82) is 0 Å². The zero-order chi connectivity index (χ0) is 17.2. The SMILES string of the molecule is NC(=O)N1CC[C@H](CNC(=O)c2ccc(Cl)c(C(F)(F)F)c2)C1. The van der Waals surface area contributed by atoms with Gasteiger partial charge in [-0.15, -0.1) is 0 Å². The zero-order valence-corrected chi connectivity index (χ0v) is 12.7. The molecule has 3 N–H and O–H groups in total. The van der Waals surface area contributed by atoms with Crippen LogP contribution in [-0.2, 0) is 6.18 Å². The van der Waals surface area contributed by atoms with Gasteiger partial charge in [-0.2, -0.15) is 13.2 Å². The molecule has 5 nitrogen and oxygen atoms in total. The number of hydrogen-bond donors (Lipinski definition) is 2. The molecule has 1 saturated heterocycles. The molecular formula is C14H15ClF3N3O2. The van der Waals surface area contributed by atoms with Gasteiger partial charge in [0.25, 0.3) is 5.91 Å². The van der Waals surface area contributed by atoms with Crippen molar-refractivity contribution in [3.63, 3.8) is 0 Å². The average Bonchev–Trinajstić information content (AvgIpc) is 2.93. The Morgan fingerprint density at radius 2 is 2.09 bits per heavy atom. The predicted molar refractivity (Wildman–Crippen MR) is 78.1 cm³/mol. The molecule has 1 fully saturated rings. The Bertz CT molecular complexity index is 622. The minimum Gasteiger partial charge on any atom is -0.352 e. The number of likely N-dealkylation sites (tertiary alicyclic amines) is 1. The number of rotatable bonds is 3. The minimum atomic E-state index is -4.62. The first kappa shape index (κ1) is 17.4. The number of benzene rings is 1. The topological polar surface area (TPSA) is 75.4 Å². The van der Waals surface area contributed by atoms with Gasteiger partial charge in [0.15, 0.2) is 0 Å². The summed E-state index contributed by atoms with van der Waals surface area (Å²) in [5.41, 5.74) is 3.99. The van der Waals surface area contributed by atoms with E-state index in [0.717, 1.165) is 12.1 Å². The number of hydrogen-bond acceptors (Lipinski definition) is 2. The van der Waals surface area contributed by atoms with Gasteiger partial charge in [0.1, 0.15) is 0 Å². The average molecular weight is 350 g/mol. The quantitative estimate of drug-likeness (QED) is 0.879. The van der Waals surface area contributed by atoms with Crippen LogP contribution in [0.15, 0.2) is 18.2 Å². The minimum absolute atomic E-state index is 0.0286. The van der Waals surface area contributed by atoms with Crippen molar-refractivity contribution in [3.05, 3.63) is 34.3 Å². The summed E-state index contributed by atoms with van der Waals surface area (Å²) < 4.78 is 38.3. The first-order chi connectivity index (χ1) is 10.7. The molecule has 23 heavy (non-hydrogen) atoms. The molecule has 1 aromatic rings. The zero-order valence-electron chi connectivity index (χ0n) is 12.0. The van der Waals surface area contributed by atoms with E-state index in [1.807, 2.05) is 0 Å². The lowest BCUT2D eigenvalue weighted by Gasteiger charge is -2.14. The highest BCUT2D eigenvalue weighted by Gasteiger charge is 2.34. The Morgan fingerprint density at radius 1 is 1.39 bits per heavy atom. The van der Waals surface area contributed by atoms with Gasteiger partial charge < -0.3 is 16.0 Å². The number of nitrogens with two attached hydrogens (primary N) is 1. The van der Waals surface area contributed by atoms with Gasteiger partial charge in [-0.25, -0.2) is 4.79 Å². The predicted octanol–water partition coefficient (Wildman–Crippen LogP) is 2.49. The van der Waals surface area contributed by atoms with Gasteiger partial charge in [0.2, 0.25) is 0 Å². The second-order valence-electron chi connectivity index (χ2n) is 5.34. The van der Waals surface area contributed by atoms with Gasteiger partial charge in [-0.3, -0.25) is 4.79 Å². The van der Waals surface area contributed by atoms with Gasteiger partial charge in [0.05, 0.1) is 10.6 Å². The maximum atomic E-state index is 12.8. The first-order valence-corrected chi connectivity index (χ1v) is 7.25. The van der Waals surface area contributed by atoms with Crippen LogP contribution in [0.25, 0.3) is 0 Å². The van der Waals surface area contributed by atoms with Gasteiger partial charge >= 0.3 is 12.2 Å². The Balaban J connectivity index is 1.98. The molecule has 1 aliphatic heterocycles. The Hall–Kier alpha value is -1.96. The molecule has 0 radical (unpaired) electrons. The maximum Gasteiger partial charge on any atom is 0.417 e. The van der Waals surface area contributed by atoms with Crippen LogP contribution in [0.4, 0.5) is 18.0 Å². The van der Waals surface area contributed by atoms with Crippen LogP contribution in [0, 0.1) is 5.92 Å². The van der Waals surface area contributed by atoms with Crippen molar-refractivity contribution in [2.45, 2.75) is 12.6 Å².